The minimum atomic E-state index is -0.487. The van der Waals surface area contributed by atoms with Crippen LogP contribution in [0.3, 0.4) is 0 Å². The maximum absolute atomic E-state index is 14.5. The van der Waals surface area contributed by atoms with Gasteiger partial charge in [0, 0.05) is 18.3 Å². The van der Waals surface area contributed by atoms with Crippen LogP contribution in [-0.4, -0.2) is 42.4 Å². The van der Waals surface area contributed by atoms with Gasteiger partial charge in [-0.3, -0.25) is 9.56 Å². The lowest BCUT2D eigenvalue weighted by molar-refractivity contribution is 0.414. The van der Waals surface area contributed by atoms with Crippen LogP contribution in [0.25, 0.3) is 11.7 Å². The predicted molar refractivity (Wildman–Crippen MR) is 114 cm³/mol. The first kappa shape index (κ1) is 19.8. The van der Waals surface area contributed by atoms with Gasteiger partial charge in [-0.1, -0.05) is 6.07 Å². The molecule has 1 aliphatic carbocycles. The zero-order chi connectivity index (χ0) is 22.4. The molecule has 1 aromatic carbocycles. The molecule has 164 valence electrons. The highest BCUT2D eigenvalue weighted by molar-refractivity contribution is 5.66. The molecule has 0 amide bonds. The monoisotopic (exact) mass is 437 g/mol. The van der Waals surface area contributed by atoms with Crippen molar-refractivity contribution in [3.05, 3.63) is 63.2 Å². The fourth-order valence-corrected chi connectivity index (χ4v) is 3.32. The van der Waals surface area contributed by atoms with Gasteiger partial charge >= 0.3 is 5.69 Å². The van der Waals surface area contributed by atoms with E-state index in [1.165, 1.54) is 20.2 Å². The molecule has 5 rings (SSSR count). The number of hydrogen-bond acceptors (Lipinski definition) is 7. The first-order valence-electron chi connectivity index (χ1n) is 9.96. The van der Waals surface area contributed by atoms with Crippen molar-refractivity contribution in [3.63, 3.8) is 0 Å². The number of aromatic nitrogens is 5. The van der Waals surface area contributed by atoms with Gasteiger partial charge in [-0.05, 0) is 31.1 Å². The number of rotatable bonds is 5. The van der Waals surface area contributed by atoms with Gasteiger partial charge in [0.25, 0.3) is 0 Å². The summed E-state index contributed by atoms with van der Waals surface area (Å²) in [5, 5.41) is 18.1. The number of hydrogen-bond donors (Lipinski definition) is 3. The third-order valence-electron chi connectivity index (χ3n) is 5.20. The third kappa shape index (κ3) is 3.47. The van der Waals surface area contributed by atoms with Crippen molar-refractivity contribution >= 4 is 23.2 Å². The van der Waals surface area contributed by atoms with Crippen molar-refractivity contribution in [1.82, 2.24) is 24.1 Å². The fourth-order valence-electron chi connectivity index (χ4n) is 3.32. The van der Waals surface area contributed by atoms with Crippen molar-refractivity contribution in [2.45, 2.75) is 18.9 Å². The second-order valence-corrected chi connectivity index (χ2v) is 7.51. The summed E-state index contributed by atoms with van der Waals surface area (Å²) in [6, 6.07) is 6.43. The molecular formula is C21H20FN7O3. The number of ether oxygens (including phenoxy) is 1. The minimum absolute atomic E-state index is 0.152. The van der Waals surface area contributed by atoms with Gasteiger partial charge < -0.3 is 20.1 Å². The van der Waals surface area contributed by atoms with Crippen LogP contribution in [0.5, 0.6) is 11.6 Å². The molecule has 11 heteroatoms. The van der Waals surface area contributed by atoms with Crippen molar-refractivity contribution in [2.75, 3.05) is 12.4 Å². The summed E-state index contributed by atoms with van der Waals surface area (Å²) in [6.45, 7) is 0. The Bertz CT molecular complexity index is 1510. The number of H-pyrrole nitrogens is 1. The molecule has 1 fully saturated rings. The largest absolute Gasteiger partial charge is 0.494 e. The molecule has 1 aliphatic rings. The Labute approximate surface area is 180 Å². The lowest BCUT2D eigenvalue weighted by Crippen LogP contribution is -2.20. The van der Waals surface area contributed by atoms with Crippen LogP contribution >= 0.6 is 0 Å². The maximum atomic E-state index is 14.5. The molecule has 0 unspecified atom stereocenters. The second-order valence-electron chi connectivity index (χ2n) is 7.51. The summed E-state index contributed by atoms with van der Waals surface area (Å²) in [4.78, 5) is 23.7. The van der Waals surface area contributed by atoms with E-state index in [2.05, 4.69) is 20.4 Å². The van der Waals surface area contributed by atoms with Crippen LogP contribution in [0.1, 0.15) is 18.5 Å². The maximum Gasteiger partial charge on any atom is 0.328 e. The molecule has 0 radical (unpaired) electrons. The van der Waals surface area contributed by atoms with Gasteiger partial charge in [-0.15, -0.1) is 0 Å². The number of anilines is 2. The first-order valence-corrected chi connectivity index (χ1v) is 9.96. The van der Waals surface area contributed by atoms with Crippen LogP contribution in [0.2, 0.25) is 0 Å². The average molecular weight is 437 g/mol. The molecule has 0 spiro atoms. The number of nitrogens with one attached hydrogen (secondary N) is 2. The van der Waals surface area contributed by atoms with Crippen LogP contribution in [0, 0.1) is 5.82 Å². The van der Waals surface area contributed by atoms with Crippen molar-refractivity contribution in [3.8, 4) is 11.6 Å². The summed E-state index contributed by atoms with van der Waals surface area (Å²) < 4.78 is 22.4. The Hall–Kier alpha value is -4.15. The van der Waals surface area contributed by atoms with Crippen molar-refractivity contribution in [2.24, 2.45) is 12.0 Å². The van der Waals surface area contributed by atoms with E-state index in [4.69, 9.17) is 9.73 Å². The molecular weight excluding hydrogens is 417 g/mol. The number of nitrogens with zero attached hydrogens (tertiary/aromatic N) is 5. The van der Waals surface area contributed by atoms with Crippen LogP contribution < -0.4 is 26.4 Å². The highest BCUT2D eigenvalue weighted by atomic mass is 19.1. The normalized spacial score (nSPS) is 15.0. The van der Waals surface area contributed by atoms with Crippen LogP contribution in [-0.2, 0) is 7.05 Å². The SMILES string of the molecule is COc1cccc(F)c1Nc1cc(=NC2CC2)n2nc/c(=C/c3[nH]c(=O)n(C)c3O)c2n1. The number of methoxy groups -OCH3 is 1. The standard InChI is InChI=1S/C21H20FN7O3/c1-28-20(30)14(25-21(28)31)8-11-10-23-29-17(24-12-6-7-12)9-16(27-19(11)29)26-18-13(22)4-3-5-15(18)32-2/h3-5,8-10,12,26,30H,6-7H2,1-2H3,(H,25,31)/b11-8-,24-17?. The summed E-state index contributed by atoms with van der Waals surface area (Å²) in [5.41, 5.74) is 0.912. The number of aromatic hydroxyl groups is 1. The Morgan fingerprint density at radius 2 is 2.22 bits per heavy atom. The van der Waals surface area contributed by atoms with E-state index < -0.39 is 11.5 Å². The number of para-hydroxylation sites is 1. The van der Waals surface area contributed by atoms with Crippen molar-refractivity contribution < 1.29 is 14.2 Å². The predicted octanol–water partition coefficient (Wildman–Crippen LogP) is 0.964. The Kier molecular flexibility index (Phi) is 4.65. The van der Waals surface area contributed by atoms with E-state index in [-0.39, 0.29) is 23.3 Å². The van der Waals surface area contributed by atoms with Gasteiger partial charge in [0.15, 0.2) is 17.0 Å². The minimum Gasteiger partial charge on any atom is -0.494 e. The zero-order valence-corrected chi connectivity index (χ0v) is 17.3. The molecule has 10 nitrogen and oxygen atoms in total. The van der Waals surface area contributed by atoms with Crippen LogP contribution in [0.4, 0.5) is 15.9 Å². The molecule has 1 saturated carbocycles. The van der Waals surface area contributed by atoms with Crippen LogP contribution in [0.15, 0.2) is 40.2 Å². The van der Waals surface area contributed by atoms with Gasteiger partial charge in [-0.25, -0.2) is 14.2 Å². The van der Waals surface area contributed by atoms with E-state index >= 15 is 0 Å². The van der Waals surface area contributed by atoms with Gasteiger partial charge in [-0.2, -0.15) is 9.61 Å². The zero-order valence-electron chi connectivity index (χ0n) is 17.3. The Balaban J connectivity index is 1.70. The molecule has 0 bridgehead atoms. The number of fused-ring (bicyclic) bond motifs is 1. The van der Waals surface area contributed by atoms with Crippen molar-refractivity contribution in [1.29, 1.82) is 0 Å². The van der Waals surface area contributed by atoms with E-state index in [1.807, 2.05) is 0 Å². The van der Waals surface area contributed by atoms with Gasteiger partial charge in [0.1, 0.15) is 22.9 Å². The van der Waals surface area contributed by atoms with E-state index in [1.54, 1.807) is 35.0 Å². The molecule has 4 aromatic rings. The lowest BCUT2D eigenvalue weighted by atomic mass is 10.2. The molecule has 3 heterocycles. The molecule has 32 heavy (non-hydrogen) atoms. The second kappa shape index (κ2) is 7.52. The third-order valence-corrected chi connectivity index (χ3v) is 5.20. The summed E-state index contributed by atoms with van der Waals surface area (Å²) in [7, 11) is 2.91. The Morgan fingerprint density at radius 3 is 2.91 bits per heavy atom. The molecule has 3 N–H and O–H groups in total. The number of halogens is 1. The molecule has 3 aromatic heterocycles. The number of imidazole rings is 1. The summed E-state index contributed by atoms with van der Waals surface area (Å²) >= 11 is 0. The van der Waals surface area contributed by atoms with Gasteiger partial charge in [0.2, 0.25) is 5.88 Å². The van der Waals surface area contributed by atoms with Gasteiger partial charge in [0.05, 0.1) is 19.3 Å². The van der Waals surface area contributed by atoms with E-state index in [0.29, 0.717) is 27.9 Å². The van der Waals surface area contributed by atoms with E-state index in [9.17, 15) is 14.3 Å². The summed E-state index contributed by atoms with van der Waals surface area (Å²) in [6.07, 6.45) is 5.12. The average Bonchev–Trinajstić information content (AvgIpc) is 3.46. The Morgan fingerprint density at radius 1 is 1.41 bits per heavy atom. The molecule has 0 aliphatic heterocycles. The lowest BCUT2D eigenvalue weighted by Gasteiger charge is -2.11. The molecule has 0 atom stereocenters. The molecule has 0 saturated heterocycles. The number of benzene rings is 1. The summed E-state index contributed by atoms with van der Waals surface area (Å²) in [5.74, 6) is -0.0120. The highest BCUT2D eigenvalue weighted by Crippen LogP contribution is 2.29. The fraction of sp³-hybridized carbons (Fsp3) is 0.238. The first-order chi connectivity index (χ1) is 15.4. The number of aromatic amines is 1. The topological polar surface area (TPSA) is 122 Å². The smallest absolute Gasteiger partial charge is 0.328 e. The highest BCUT2D eigenvalue weighted by Gasteiger charge is 2.20. The van der Waals surface area contributed by atoms with E-state index in [0.717, 1.165) is 17.4 Å². The quantitative estimate of drug-likeness (QED) is 0.428.